The Labute approximate surface area is 115 Å². The summed E-state index contributed by atoms with van der Waals surface area (Å²) in [5.41, 5.74) is 0.721. The van der Waals surface area contributed by atoms with Gasteiger partial charge in [0.2, 0.25) is 0 Å². The third-order valence-electron chi connectivity index (χ3n) is 2.90. The van der Waals surface area contributed by atoms with E-state index in [4.69, 9.17) is 4.74 Å². The smallest absolute Gasteiger partial charge is 0.171 e. The highest BCUT2D eigenvalue weighted by atomic mass is 16.5. The van der Waals surface area contributed by atoms with Crippen molar-refractivity contribution >= 4 is 5.78 Å². The number of carbonyl (C=O) groups excluding carboxylic acids is 1. The molecule has 0 aliphatic heterocycles. The molecule has 0 unspecified atom stereocenters. The normalized spacial score (nSPS) is 10.2. The van der Waals surface area contributed by atoms with E-state index in [2.05, 4.69) is 0 Å². The summed E-state index contributed by atoms with van der Waals surface area (Å²) in [7, 11) is 1.35. The predicted molar refractivity (Wildman–Crippen MR) is 72.5 cm³/mol. The van der Waals surface area contributed by atoms with Gasteiger partial charge in [-0.25, -0.2) is 0 Å². The number of Topliss-reactive ketones (excluding diaryl/α,β-unsaturated/α-hetero) is 1. The molecule has 3 N–H and O–H groups in total. The molecule has 20 heavy (non-hydrogen) atoms. The van der Waals surface area contributed by atoms with Crippen molar-refractivity contribution in [2.45, 2.75) is 6.42 Å². The topological polar surface area (TPSA) is 87.0 Å². The van der Waals surface area contributed by atoms with Crippen LogP contribution in [0.3, 0.4) is 0 Å². The maximum Gasteiger partial charge on any atom is 0.171 e. The van der Waals surface area contributed by atoms with Gasteiger partial charge in [0.25, 0.3) is 0 Å². The Morgan fingerprint density at radius 3 is 2.30 bits per heavy atom. The van der Waals surface area contributed by atoms with Crippen molar-refractivity contribution in [1.82, 2.24) is 0 Å². The molecule has 0 bridgehead atoms. The summed E-state index contributed by atoms with van der Waals surface area (Å²) in [4.78, 5) is 12.1. The van der Waals surface area contributed by atoms with Gasteiger partial charge in [-0.15, -0.1) is 0 Å². The molecule has 0 spiro atoms. The third-order valence-corrected chi connectivity index (χ3v) is 2.90. The van der Waals surface area contributed by atoms with Crippen LogP contribution in [0.4, 0.5) is 0 Å². The van der Waals surface area contributed by atoms with Gasteiger partial charge in [-0.3, -0.25) is 4.79 Å². The minimum absolute atomic E-state index is 0.0244. The van der Waals surface area contributed by atoms with E-state index in [9.17, 15) is 20.1 Å². The molecule has 0 aromatic heterocycles. The molecule has 0 radical (unpaired) electrons. The first-order valence-electron chi connectivity index (χ1n) is 5.92. The lowest BCUT2D eigenvalue weighted by molar-refractivity contribution is 0.0990. The van der Waals surface area contributed by atoms with E-state index in [1.807, 2.05) is 0 Å². The Balaban J connectivity index is 2.25. The molecule has 2 aromatic carbocycles. The van der Waals surface area contributed by atoms with Crippen LogP contribution in [0.25, 0.3) is 0 Å². The summed E-state index contributed by atoms with van der Waals surface area (Å²) >= 11 is 0. The summed E-state index contributed by atoms with van der Waals surface area (Å²) in [6.07, 6.45) is 0.0552. The SMILES string of the molecule is COc1cc(O)c(C(=O)Cc2ccc(O)cc2)cc1O. The number of hydrogen-bond acceptors (Lipinski definition) is 5. The van der Waals surface area contributed by atoms with Gasteiger partial charge in [0.1, 0.15) is 11.5 Å². The number of phenols is 3. The number of rotatable bonds is 4. The lowest BCUT2D eigenvalue weighted by atomic mass is 10.0. The Morgan fingerprint density at radius 2 is 1.70 bits per heavy atom. The largest absolute Gasteiger partial charge is 0.508 e. The fourth-order valence-electron chi connectivity index (χ4n) is 1.84. The highest BCUT2D eigenvalue weighted by Gasteiger charge is 2.16. The molecule has 0 heterocycles. The molecule has 0 saturated carbocycles. The van der Waals surface area contributed by atoms with Gasteiger partial charge < -0.3 is 20.1 Å². The zero-order valence-electron chi connectivity index (χ0n) is 10.8. The monoisotopic (exact) mass is 274 g/mol. The molecule has 0 saturated heterocycles. The Bertz CT molecular complexity index is 631. The van der Waals surface area contributed by atoms with Crippen molar-refractivity contribution in [3.05, 3.63) is 47.5 Å². The molecule has 0 fully saturated rings. The van der Waals surface area contributed by atoms with Gasteiger partial charge in [0.05, 0.1) is 12.7 Å². The summed E-state index contributed by atoms with van der Waals surface area (Å²) in [6, 6.07) is 8.57. The van der Waals surface area contributed by atoms with Gasteiger partial charge in [-0.1, -0.05) is 12.1 Å². The lowest BCUT2D eigenvalue weighted by Crippen LogP contribution is -2.04. The average molecular weight is 274 g/mol. The fraction of sp³-hybridized carbons (Fsp3) is 0.133. The molecular weight excluding hydrogens is 260 g/mol. The number of ether oxygens (including phenoxy) is 1. The van der Waals surface area contributed by atoms with Crippen LogP contribution < -0.4 is 4.74 Å². The molecule has 0 amide bonds. The van der Waals surface area contributed by atoms with E-state index in [0.29, 0.717) is 5.56 Å². The summed E-state index contributed by atoms with van der Waals surface area (Å²) in [5.74, 6) is -0.580. The highest BCUT2D eigenvalue weighted by Crippen LogP contribution is 2.33. The molecule has 104 valence electrons. The molecule has 5 heteroatoms. The van der Waals surface area contributed by atoms with Crippen LogP contribution in [0, 0.1) is 0 Å². The van der Waals surface area contributed by atoms with Crippen molar-refractivity contribution in [3.63, 3.8) is 0 Å². The number of carbonyl (C=O) groups is 1. The number of phenolic OH excluding ortho intramolecular Hbond substituents is 3. The molecule has 2 aromatic rings. The van der Waals surface area contributed by atoms with Crippen LogP contribution in [0.2, 0.25) is 0 Å². The first-order chi connectivity index (χ1) is 9.51. The fourth-order valence-corrected chi connectivity index (χ4v) is 1.84. The van der Waals surface area contributed by atoms with Crippen molar-refractivity contribution in [2.75, 3.05) is 7.11 Å². The molecule has 2 rings (SSSR count). The Hall–Kier alpha value is -2.69. The number of aromatic hydroxyl groups is 3. The highest BCUT2D eigenvalue weighted by molar-refractivity contribution is 6.00. The van der Waals surface area contributed by atoms with Crippen LogP contribution in [-0.4, -0.2) is 28.2 Å². The van der Waals surface area contributed by atoms with Crippen molar-refractivity contribution < 1.29 is 24.9 Å². The van der Waals surface area contributed by atoms with Gasteiger partial charge in [-0.05, 0) is 23.8 Å². The molecule has 5 nitrogen and oxygen atoms in total. The van der Waals surface area contributed by atoms with Crippen molar-refractivity contribution in [1.29, 1.82) is 0 Å². The maximum atomic E-state index is 12.1. The minimum Gasteiger partial charge on any atom is -0.508 e. The van der Waals surface area contributed by atoms with Crippen LogP contribution in [0.1, 0.15) is 15.9 Å². The van der Waals surface area contributed by atoms with Crippen molar-refractivity contribution in [3.8, 4) is 23.0 Å². The van der Waals surface area contributed by atoms with Crippen LogP contribution in [-0.2, 0) is 6.42 Å². The lowest BCUT2D eigenvalue weighted by Gasteiger charge is -2.08. The van der Waals surface area contributed by atoms with E-state index in [1.54, 1.807) is 12.1 Å². The molecule has 0 atom stereocenters. The second-order valence-corrected chi connectivity index (χ2v) is 4.31. The van der Waals surface area contributed by atoms with Gasteiger partial charge in [-0.2, -0.15) is 0 Å². The second-order valence-electron chi connectivity index (χ2n) is 4.31. The van der Waals surface area contributed by atoms with E-state index in [1.165, 1.54) is 31.4 Å². The number of methoxy groups -OCH3 is 1. The quantitative estimate of drug-likeness (QED) is 0.588. The predicted octanol–water partition coefficient (Wildman–Crippen LogP) is 2.24. The number of ketones is 1. The summed E-state index contributed by atoms with van der Waals surface area (Å²) in [5, 5.41) is 28.6. The second kappa shape index (κ2) is 5.52. The van der Waals surface area contributed by atoms with Crippen LogP contribution in [0.5, 0.6) is 23.0 Å². The Morgan fingerprint density at radius 1 is 1.05 bits per heavy atom. The first-order valence-corrected chi connectivity index (χ1v) is 5.92. The van der Waals surface area contributed by atoms with E-state index in [-0.39, 0.29) is 40.8 Å². The van der Waals surface area contributed by atoms with Gasteiger partial charge in [0, 0.05) is 12.5 Å². The number of benzene rings is 2. The number of hydrogen-bond donors (Lipinski definition) is 3. The standard InChI is InChI=1S/C15H14O5/c1-20-15-8-13(18)11(7-14(15)19)12(17)6-9-2-4-10(16)5-3-9/h2-5,7-8,16,18-19H,6H2,1H3. The van der Waals surface area contributed by atoms with Gasteiger partial charge in [0.15, 0.2) is 17.3 Å². The van der Waals surface area contributed by atoms with E-state index >= 15 is 0 Å². The van der Waals surface area contributed by atoms with Crippen molar-refractivity contribution in [2.24, 2.45) is 0 Å². The first kappa shape index (κ1) is 13.7. The van der Waals surface area contributed by atoms with E-state index in [0.717, 1.165) is 0 Å². The summed E-state index contributed by atoms with van der Waals surface area (Å²) in [6.45, 7) is 0. The zero-order valence-corrected chi connectivity index (χ0v) is 10.8. The molecular formula is C15H14O5. The molecule has 0 aliphatic carbocycles. The Kier molecular flexibility index (Phi) is 3.79. The average Bonchev–Trinajstić information content (AvgIpc) is 2.43. The minimum atomic E-state index is -0.342. The van der Waals surface area contributed by atoms with Crippen LogP contribution >= 0.6 is 0 Å². The summed E-state index contributed by atoms with van der Waals surface area (Å²) < 4.78 is 4.84. The molecule has 0 aliphatic rings. The van der Waals surface area contributed by atoms with Crippen LogP contribution in [0.15, 0.2) is 36.4 Å². The zero-order chi connectivity index (χ0) is 14.7. The third kappa shape index (κ3) is 2.83. The maximum absolute atomic E-state index is 12.1. The van der Waals surface area contributed by atoms with Gasteiger partial charge >= 0.3 is 0 Å². The van der Waals surface area contributed by atoms with E-state index < -0.39 is 0 Å².